The van der Waals surface area contributed by atoms with Gasteiger partial charge in [0.15, 0.2) is 0 Å². The Bertz CT molecular complexity index is 1890. The summed E-state index contributed by atoms with van der Waals surface area (Å²) >= 11 is 6.55. The monoisotopic (exact) mass is 720 g/mol. The molecule has 0 N–H and O–H groups in total. The molecule has 4 heterocycles. The van der Waals surface area contributed by atoms with Crippen molar-refractivity contribution in [1.29, 1.82) is 0 Å². The summed E-state index contributed by atoms with van der Waals surface area (Å²) in [5.74, 6) is 3.20. The van der Waals surface area contributed by atoms with E-state index in [1.54, 1.807) is 14.2 Å². The molecule has 0 radical (unpaired) electrons. The molecule has 6 aromatic rings. The van der Waals surface area contributed by atoms with Crippen molar-refractivity contribution in [3.63, 3.8) is 0 Å². The third-order valence-electron chi connectivity index (χ3n) is 8.51. The second-order valence-electron chi connectivity index (χ2n) is 10.9. The van der Waals surface area contributed by atoms with Crippen LogP contribution in [0.1, 0.15) is 47.7 Å². The Morgan fingerprint density at radius 3 is 1.48 bits per heavy atom. The van der Waals surface area contributed by atoms with Gasteiger partial charge in [-0.2, -0.15) is 0 Å². The molecule has 10 heteroatoms. The third-order valence-corrected chi connectivity index (χ3v) is 9.73. The molecule has 6 nitrogen and oxygen atoms in total. The number of fused-ring (bicyclic) bond motifs is 6. The van der Waals surface area contributed by atoms with Crippen LogP contribution in [0.15, 0.2) is 81.7 Å². The number of methoxy groups -OCH3 is 2. The van der Waals surface area contributed by atoms with Crippen molar-refractivity contribution < 1.29 is 18.3 Å². The molecule has 2 aromatic heterocycles. The molecular formula is C34H28Br2F2N4O2. The lowest BCUT2D eigenvalue weighted by molar-refractivity contribution is 0.403. The molecule has 0 aliphatic carbocycles. The summed E-state index contributed by atoms with van der Waals surface area (Å²) in [6, 6.07) is 23.1. The van der Waals surface area contributed by atoms with Gasteiger partial charge >= 0.3 is 0 Å². The van der Waals surface area contributed by atoms with E-state index >= 15 is 0 Å². The summed E-state index contributed by atoms with van der Waals surface area (Å²) < 4.78 is 43.8. The van der Waals surface area contributed by atoms with Crippen molar-refractivity contribution in [2.24, 2.45) is 0 Å². The second-order valence-corrected chi connectivity index (χ2v) is 12.6. The number of benzene rings is 4. The lowest BCUT2D eigenvalue weighted by atomic mass is 10.0. The highest BCUT2D eigenvalue weighted by Gasteiger charge is 2.30. The molecule has 0 unspecified atom stereocenters. The fraction of sp³-hybridized carbons (Fsp3) is 0.235. The van der Waals surface area contributed by atoms with E-state index in [2.05, 4.69) is 63.1 Å². The number of rotatable bonds is 4. The molecule has 0 saturated carbocycles. The lowest BCUT2D eigenvalue weighted by Crippen LogP contribution is -2.07. The Morgan fingerprint density at radius 2 is 1.07 bits per heavy atom. The molecular weight excluding hydrogens is 694 g/mol. The SMILES string of the molecule is COc1ccccc1[C@@H]1CCc2nc3cc(F)c(Br)cc3n21.COc1ccccc1[C@H]1CCc2nc3cc(F)c(Br)cc3n21. The Balaban J connectivity index is 0.000000142. The fourth-order valence-corrected chi connectivity index (χ4v) is 7.25. The van der Waals surface area contributed by atoms with Crippen LogP contribution in [-0.4, -0.2) is 33.3 Å². The van der Waals surface area contributed by atoms with Crippen LogP contribution in [0.2, 0.25) is 0 Å². The average Bonchev–Trinajstić information content (AvgIpc) is 3.80. The van der Waals surface area contributed by atoms with Crippen molar-refractivity contribution in [2.45, 2.75) is 37.8 Å². The molecule has 2 atom stereocenters. The van der Waals surface area contributed by atoms with E-state index in [-0.39, 0.29) is 23.7 Å². The normalized spacial score (nSPS) is 17.0. The zero-order valence-electron chi connectivity index (χ0n) is 24.0. The summed E-state index contributed by atoms with van der Waals surface area (Å²) in [5, 5.41) is 0. The smallest absolute Gasteiger partial charge is 0.139 e. The number of para-hydroxylation sites is 2. The Hall–Kier alpha value is -3.76. The minimum Gasteiger partial charge on any atom is -0.496 e. The molecule has 224 valence electrons. The van der Waals surface area contributed by atoms with E-state index in [9.17, 15) is 8.78 Å². The highest BCUT2D eigenvalue weighted by molar-refractivity contribution is 9.10. The molecule has 4 aromatic carbocycles. The summed E-state index contributed by atoms with van der Waals surface area (Å²) in [6.45, 7) is 0. The van der Waals surface area contributed by atoms with Crippen molar-refractivity contribution in [1.82, 2.24) is 19.1 Å². The van der Waals surface area contributed by atoms with Crippen LogP contribution in [0, 0.1) is 11.6 Å². The molecule has 0 spiro atoms. The minimum absolute atomic E-state index is 0.175. The van der Waals surface area contributed by atoms with Crippen molar-refractivity contribution in [2.75, 3.05) is 14.2 Å². The maximum Gasteiger partial charge on any atom is 0.139 e. The Morgan fingerprint density at radius 1 is 0.659 bits per heavy atom. The standard InChI is InChI=1S/2C17H14BrFN2O/c2*1-22-16-5-3-2-4-10(16)14-6-7-17-20-13-9-12(19)11(18)8-15(13)21(14)17/h2*2-5,8-9,14H,6-7H2,1H3/t2*14-/m10/s1. The summed E-state index contributed by atoms with van der Waals surface area (Å²) in [7, 11) is 3.37. The highest BCUT2D eigenvalue weighted by atomic mass is 79.9. The lowest BCUT2D eigenvalue weighted by Gasteiger charge is -2.18. The third kappa shape index (κ3) is 4.88. The Kier molecular flexibility index (Phi) is 7.66. The number of nitrogens with zero attached hydrogens (tertiary/aromatic N) is 4. The number of hydrogen-bond donors (Lipinski definition) is 0. The molecule has 2 aliphatic heterocycles. The van der Waals surface area contributed by atoms with Crippen molar-refractivity contribution in [3.8, 4) is 11.5 Å². The maximum atomic E-state index is 13.7. The quantitative estimate of drug-likeness (QED) is 0.182. The van der Waals surface area contributed by atoms with E-state index in [1.165, 1.54) is 12.1 Å². The van der Waals surface area contributed by atoms with Gasteiger partial charge in [-0.05, 0) is 69.0 Å². The first-order valence-electron chi connectivity index (χ1n) is 14.4. The van der Waals surface area contributed by atoms with Crippen LogP contribution in [0.25, 0.3) is 22.1 Å². The van der Waals surface area contributed by atoms with Crippen LogP contribution in [0.5, 0.6) is 11.5 Å². The molecule has 0 saturated heterocycles. The number of aryl methyl sites for hydroxylation is 2. The largest absolute Gasteiger partial charge is 0.496 e. The highest BCUT2D eigenvalue weighted by Crippen LogP contribution is 2.41. The number of hydrogen-bond acceptors (Lipinski definition) is 4. The summed E-state index contributed by atoms with van der Waals surface area (Å²) in [5.41, 5.74) is 5.60. The van der Waals surface area contributed by atoms with Gasteiger partial charge in [0.25, 0.3) is 0 Å². The number of ether oxygens (including phenoxy) is 2. The van der Waals surface area contributed by atoms with E-state index in [1.807, 2.05) is 48.5 Å². The van der Waals surface area contributed by atoms with Crippen LogP contribution in [0.4, 0.5) is 8.78 Å². The van der Waals surface area contributed by atoms with Gasteiger partial charge in [0, 0.05) is 36.1 Å². The van der Waals surface area contributed by atoms with Gasteiger partial charge in [-0.1, -0.05) is 36.4 Å². The number of halogens is 4. The summed E-state index contributed by atoms with van der Waals surface area (Å²) in [6.07, 6.45) is 3.73. The van der Waals surface area contributed by atoms with Gasteiger partial charge in [0.05, 0.1) is 57.3 Å². The first kappa shape index (κ1) is 29.0. The predicted octanol–water partition coefficient (Wildman–Crippen LogP) is 8.96. The first-order valence-corrected chi connectivity index (χ1v) is 15.9. The van der Waals surface area contributed by atoms with Gasteiger partial charge in [-0.3, -0.25) is 0 Å². The number of aromatic nitrogens is 4. The zero-order valence-corrected chi connectivity index (χ0v) is 27.2. The van der Waals surface area contributed by atoms with Gasteiger partial charge in [-0.15, -0.1) is 0 Å². The van der Waals surface area contributed by atoms with Gasteiger partial charge in [0.2, 0.25) is 0 Å². The summed E-state index contributed by atoms with van der Waals surface area (Å²) in [4.78, 5) is 9.18. The van der Waals surface area contributed by atoms with Crippen LogP contribution in [0.3, 0.4) is 0 Å². The van der Waals surface area contributed by atoms with Crippen molar-refractivity contribution >= 4 is 53.9 Å². The average molecular weight is 722 g/mol. The molecule has 2 aliphatic rings. The Labute approximate surface area is 269 Å². The van der Waals surface area contributed by atoms with Gasteiger partial charge in [-0.25, -0.2) is 18.7 Å². The van der Waals surface area contributed by atoms with Crippen molar-refractivity contribution in [3.05, 3.63) is 116 Å². The maximum absolute atomic E-state index is 13.7. The van der Waals surface area contributed by atoms with Crippen LogP contribution >= 0.6 is 31.9 Å². The molecule has 44 heavy (non-hydrogen) atoms. The van der Waals surface area contributed by atoms with E-state index in [4.69, 9.17) is 9.47 Å². The molecule has 0 amide bonds. The zero-order chi connectivity index (χ0) is 30.5. The molecule has 0 fully saturated rings. The predicted molar refractivity (Wildman–Crippen MR) is 174 cm³/mol. The van der Waals surface area contributed by atoms with E-state index < -0.39 is 0 Å². The first-order chi connectivity index (χ1) is 21.4. The molecule has 0 bridgehead atoms. The van der Waals surface area contributed by atoms with E-state index in [0.29, 0.717) is 20.0 Å². The van der Waals surface area contributed by atoms with Crippen LogP contribution in [-0.2, 0) is 12.8 Å². The van der Waals surface area contributed by atoms with Gasteiger partial charge < -0.3 is 18.6 Å². The van der Waals surface area contributed by atoms with Gasteiger partial charge in [0.1, 0.15) is 34.8 Å². The topological polar surface area (TPSA) is 54.1 Å². The fourth-order valence-electron chi connectivity index (χ4n) is 6.59. The van der Waals surface area contributed by atoms with E-state index in [0.717, 1.165) is 71.0 Å². The minimum atomic E-state index is -0.280. The van der Waals surface area contributed by atoms with Crippen LogP contribution < -0.4 is 9.47 Å². The number of imidazole rings is 2. The second kappa shape index (κ2) is 11.6. The molecule has 8 rings (SSSR count).